The van der Waals surface area contributed by atoms with Gasteiger partial charge in [-0.2, -0.15) is 0 Å². The second kappa shape index (κ2) is 14.9. The molecular formula is C66H74B2N2. The highest BCUT2D eigenvalue weighted by Crippen LogP contribution is 2.42. The van der Waals surface area contributed by atoms with E-state index in [1.54, 1.807) is 0 Å². The summed E-state index contributed by atoms with van der Waals surface area (Å²) in [5.74, 6) is 0. The number of nitrogens with zero attached hydrogens (tertiary/aromatic N) is 2. The first kappa shape index (κ1) is 46.6. The molecule has 2 aromatic heterocycles. The second-order valence-electron chi connectivity index (χ2n) is 27.6. The summed E-state index contributed by atoms with van der Waals surface area (Å²) in [5, 5.41) is 5.38. The van der Waals surface area contributed by atoms with E-state index in [9.17, 15) is 0 Å². The Morgan fingerprint density at radius 3 is 0.857 bits per heavy atom. The van der Waals surface area contributed by atoms with Crippen LogP contribution in [0.1, 0.15) is 158 Å². The van der Waals surface area contributed by atoms with Gasteiger partial charge in [0, 0.05) is 44.0 Å². The van der Waals surface area contributed by atoms with Gasteiger partial charge in [0.1, 0.15) is 0 Å². The van der Waals surface area contributed by atoms with Gasteiger partial charge in [0.2, 0.25) is 13.4 Å². The molecule has 70 heavy (non-hydrogen) atoms. The molecule has 7 aromatic carbocycles. The number of fused-ring (bicyclic) bond motifs is 10. The molecular weight excluding hydrogens is 842 g/mol. The molecule has 0 fully saturated rings. The average molecular weight is 917 g/mol. The monoisotopic (exact) mass is 917 g/mol. The lowest BCUT2D eigenvalue weighted by Gasteiger charge is -2.34. The van der Waals surface area contributed by atoms with Crippen LogP contribution in [0.15, 0.2) is 121 Å². The van der Waals surface area contributed by atoms with Crippen LogP contribution in [0.25, 0.3) is 55.0 Å². The zero-order valence-corrected chi connectivity index (χ0v) is 45.6. The van der Waals surface area contributed by atoms with Gasteiger partial charge < -0.3 is 9.13 Å². The number of rotatable bonds is 2. The van der Waals surface area contributed by atoms with Crippen molar-refractivity contribution < 1.29 is 0 Å². The van der Waals surface area contributed by atoms with Gasteiger partial charge >= 0.3 is 0 Å². The third-order valence-corrected chi connectivity index (χ3v) is 16.4. The van der Waals surface area contributed by atoms with Gasteiger partial charge in [-0.15, -0.1) is 0 Å². The standard InChI is InChI=1S/C66H74B2N2/c1-61(2,3)39-19-25-45(26-20-39)67-51-37-58-52(38-57(51)69-55-29-23-41(63(7,8)9)31-47(55)49-33-43(65(13,14)15)35-53(67)59(49)69)68(46-27-21-40(22-28-46)62(4,5)6)54-36-44(66(16,17)18)34-50-48-32-42(64(10,11)12)24-30-56(48)70(58)60(50)54/h19-38H,1-18H3. The molecule has 0 saturated carbocycles. The van der Waals surface area contributed by atoms with Crippen molar-refractivity contribution in [3.8, 4) is 11.4 Å². The largest absolute Gasteiger partial charge is 0.310 e. The molecule has 2 aliphatic heterocycles. The van der Waals surface area contributed by atoms with Crippen molar-refractivity contribution in [1.82, 2.24) is 9.13 Å². The van der Waals surface area contributed by atoms with Crippen LogP contribution in [0.4, 0.5) is 0 Å². The summed E-state index contributed by atoms with van der Waals surface area (Å²) >= 11 is 0. The summed E-state index contributed by atoms with van der Waals surface area (Å²) in [5.41, 5.74) is 24.2. The maximum Gasteiger partial charge on any atom is 0.246 e. The Kier molecular flexibility index (Phi) is 9.94. The molecule has 0 aliphatic carbocycles. The molecule has 2 nitrogen and oxygen atoms in total. The fourth-order valence-corrected chi connectivity index (χ4v) is 12.0. The van der Waals surface area contributed by atoms with Crippen LogP contribution in [0, 0.1) is 0 Å². The molecule has 2 aliphatic rings. The van der Waals surface area contributed by atoms with Gasteiger partial charge in [0.05, 0.1) is 11.0 Å². The predicted octanol–water partition coefficient (Wildman–Crippen LogP) is 13.3. The van der Waals surface area contributed by atoms with Crippen LogP contribution in [0.5, 0.6) is 0 Å². The summed E-state index contributed by atoms with van der Waals surface area (Å²) in [7, 11) is 0. The molecule has 0 atom stereocenters. The molecule has 9 aromatic rings. The summed E-state index contributed by atoms with van der Waals surface area (Å²) < 4.78 is 5.35. The normalized spacial score (nSPS) is 14.4. The molecule has 0 N–H and O–H groups in total. The van der Waals surface area contributed by atoms with E-state index >= 15 is 0 Å². The molecule has 354 valence electrons. The van der Waals surface area contributed by atoms with Crippen molar-refractivity contribution in [2.45, 2.75) is 157 Å². The molecule has 0 amide bonds. The van der Waals surface area contributed by atoms with Gasteiger partial charge in [0.15, 0.2) is 0 Å². The quantitative estimate of drug-likeness (QED) is 0.153. The zero-order valence-electron chi connectivity index (χ0n) is 45.6. The maximum atomic E-state index is 2.67. The second-order valence-corrected chi connectivity index (χ2v) is 27.6. The highest BCUT2D eigenvalue weighted by molar-refractivity contribution is 7.00. The number of hydrogen-bond acceptors (Lipinski definition) is 0. The minimum Gasteiger partial charge on any atom is -0.310 e. The molecule has 11 rings (SSSR count). The Morgan fingerprint density at radius 1 is 0.271 bits per heavy atom. The van der Waals surface area contributed by atoms with E-state index in [0.717, 1.165) is 0 Å². The zero-order chi connectivity index (χ0) is 50.2. The van der Waals surface area contributed by atoms with Crippen molar-refractivity contribution >= 4 is 89.8 Å². The lowest BCUT2D eigenvalue weighted by atomic mass is 9.33. The number of aromatic nitrogens is 2. The van der Waals surface area contributed by atoms with Gasteiger partial charge in [-0.3, -0.25) is 0 Å². The van der Waals surface area contributed by atoms with Crippen LogP contribution in [0.3, 0.4) is 0 Å². The summed E-state index contributed by atoms with van der Waals surface area (Å²) in [6, 6.07) is 49.6. The van der Waals surface area contributed by atoms with Crippen LogP contribution in [0.2, 0.25) is 0 Å². The molecule has 4 heteroatoms. The molecule has 0 unspecified atom stereocenters. The third-order valence-electron chi connectivity index (χ3n) is 16.4. The first-order chi connectivity index (χ1) is 32.5. The molecule has 4 heterocycles. The van der Waals surface area contributed by atoms with Gasteiger partial charge in [-0.1, -0.05) is 208 Å². The minimum absolute atomic E-state index is 0.00908. The molecule has 0 spiro atoms. The smallest absolute Gasteiger partial charge is 0.246 e. The van der Waals surface area contributed by atoms with E-state index < -0.39 is 0 Å². The first-order valence-corrected chi connectivity index (χ1v) is 26.2. The number of benzene rings is 7. The summed E-state index contributed by atoms with van der Waals surface area (Å²) in [6.45, 7) is 42.3. The Morgan fingerprint density at radius 2 is 0.557 bits per heavy atom. The third kappa shape index (κ3) is 7.19. The van der Waals surface area contributed by atoms with E-state index in [-0.39, 0.29) is 45.9 Å². The highest BCUT2D eigenvalue weighted by Gasteiger charge is 2.41. The molecule has 0 saturated heterocycles. The van der Waals surface area contributed by atoms with Crippen molar-refractivity contribution in [3.05, 3.63) is 155 Å². The Labute approximate surface area is 420 Å². The Balaban J connectivity index is 1.33. The van der Waals surface area contributed by atoms with E-state index in [4.69, 9.17) is 0 Å². The first-order valence-electron chi connectivity index (χ1n) is 26.2. The van der Waals surface area contributed by atoms with Crippen molar-refractivity contribution in [2.75, 3.05) is 0 Å². The summed E-state index contributed by atoms with van der Waals surface area (Å²) in [6.07, 6.45) is 0. The highest BCUT2D eigenvalue weighted by atomic mass is 15.0. The lowest BCUT2D eigenvalue weighted by molar-refractivity contribution is 0.590. The predicted molar refractivity (Wildman–Crippen MR) is 310 cm³/mol. The van der Waals surface area contributed by atoms with Crippen LogP contribution < -0.4 is 32.8 Å². The lowest BCUT2D eigenvalue weighted by Crippen LogP contribution is -2.60. The average Bonchev–Trinajstić information content (AvgIpc) is 3.78. The van der Waals surface area contributed by atoms with E-state index in [2.05, 4.69) is 255 Å². The van der Waals surface area contributed by atoms with E-state index in [1.165, 1.54) is 121 Å². The van der Waals surface area contributed by atoms with Crippen LogP contribution in [-0.2, 0) is 32.5 Å². The Hall–Kier alpha value is -5.73. The van der Waals surface area contributed by atoms with Gasteiger partial charge in [0.25, 0.3) is 0 Å². The maximum absolute atomic E-state index is 2.67. The van der Waals surface area contributed by atoms with Crippen molar-refractivity contribution in [2.24, 2.45) is 0 Å². The summed E-state index contributed by atoms with van der Waals surface area (Å²) in [4.78, 5) is 0. The van der Waals surface area contributed by atoms with Crippen LogP contribution >= 0.6 is 0 Å². The van der Waals surface area contributed by atoms with E-state index in [1.807, 2.05) is 0 Å². The van der Waals surface area contributed by atoms with Crippen molar-refractivity contribution in [1.29, 1.82) is 0 Å². The number of hydrogen-bond donors (Lipinski definition) is 0. The minimum atomic E-state index is -0.0511. The van der Waals surface area contributed by atoms with Crippen molar-refractivity contribution in [3.63, 3.8) is 0 Å². The topological polar surface area (TPSA) is 9.86 Å². The Bertz CT molecular complexity index is 3380. The van der Waals surface area contributed by atoms with Gasteiger partial charge in [-0.05, 0) is 136 Å². The fraction of sp³-hybridized carbons (Fsp3) is 0.364. The fourth-order valence-electron chi connectivity index (χ4n) is 12.0. The van der Waals surface area contributed by atoms with Gasteiger partial charge in [-0.25, -0.2) is 0 Å². The molecule has 0 bridgehead atoms. The van der Waals surface area contributed by atoms with Crippen LogP contribution in [-0.4, -0.2) is 22.6 Å². The SMILES string of the molecule is CC(C)(C)c1ccc(B2c3cc4c(cc3-n3c5ccc(C(C)(C)C)cc5c5cc(C(C)(C)C)cc2c53)B(c2ccc(C(C)(C)C)cc2)c2cc(C(C)(C)C)cc3c5cc(C(C)(C)C)ccc5n-4c23)cc1. The molecule has 0 radical (unpaired) electrons. The van der Waals surface area contributed by atoms with E-state index in [0.29, 0.717) is 0 Å².